The predicted octanol–water partition coefficient (Wildman–Crippen LogP) is 15.6. The summed E-state index contributed by atoms with van der Waals surface area (Å²) in [5.41, 5.74) is -12.6. The van der Waals surface area contributed by atoms with E-state index in [1.165, 1.54) is 0 Å². The van der Waals surface area contributed by atoms with Gasteiger partial charge in [0.25, 0.3) is 0 Å². The van der Waals surface area contributed by atoms with Gasteiger partial charge in [-0.1, -0.05) is 169 Å². The molecule has 0 N–H and O–H groups in total. The molecule has 0 saturated heterocycles. The molecule has 1 heterocycles. The van der Waals surface area contributed by atoms with Crippen molar-refractivity contribution in [2.24, 2.45) is 0 Å². The predicted molar refractivity (Wildman–Crippen MR) is 247 cm³/mol. The van der Waals surface area contributed by atoms with Gasteiger partial charge in [-0.15, -0.1) is 0 Å². The van der Waals surface area contributed by atoms with Crippen LogP contribution in [0.25, 0.3) is 82.4 Å². The molecule has 272 valence electrons. The molecule has 0 aliphatic rings. The van der Waals surface area contributed by atoms with Crippen LogP contribution in [0.3, 0.4) is 0 Å². The van der Waals surface area contributed by atoms with E-state index in [1.807, 2.05) is 0 Å². The molecule has 0 bridgehead atoms. The Morgan fingerprint density at radius 2 is 0.810 bits per heavy atom. The van der Waals surface area contributed by atoms with Crippen LogP contribution in [0.1, 0.15) is 52.1 Å². The minimum absolute atomic E-state index is 0.188. The van der Waals surface area contributed by atoms with Gasteiger partial charge >= 0.3 is 0 Å². The molecule has 11 aromatic rings. The lowest BCUT2D eigenvalue weighted by Gasteiger charge is -2.26. The number of para-hydroxylation sites is 2. The van der Waals surface area contributed by atoms with Crippen molar-refractivity contribution in [1.29, 1.82) is 0 Å². The van der Waals surface area contributed by atoms with Gasteiger partial charge in [-0.3, -0.25) is 0 Å². The van der Waals surface area contributed by atoms with E-state index in [4.69, 9.17) is 28.8 Å². The maximum atomic E-state index is 10.3. The molecule has 0 unspecified atom stereocenters. The molecule has 10 aromatic carbocycles. The van der Waals surface area contributed by atoms with Crippen molar-refractivity contribution < 1.29 is 52.1 Å². The van der Waals surface area contributed by atoms with Crippen molar-refractivity contribution in [2.75, 3.05) is 4.90 Å². The first-order valence-corrected chi connectivity index (χ1v) is 16.8. The molecule has 0 saturated carbocycles. The molecule has 0 amide bonds. The molecule has 0 radical (unpaired) electrons. The first-order chi connectivity index (χ1) is 44.6. The van der Waals surface area contributed by atoms with Gasteiger partial charge in [-0.25, -0.2) is 0 Å². The molecule has 0 spiro atoms. The highest BCUT2D eigenvalue weighted by molar-refractivity contribution is 6.16. The van der Waals surface area contributed by atoms with Crippen LogP contribution in [0.5, 0.6) is 0 Å². The Morgan fingerprint density at radius 1 is 0.328 bits per heavy atom. The van der Waals surface area contributed by atoms with E-state index in [0.29, 0.717) is 4.57 Å². The molecular formula is C56H38N2. The second-order valence-electron chi connectivity index (χ2n) is 12.0. The van der Waals surface area contributed by atoms with E-state index in [9.17, 15) is 23.3 Å². The Labute approximate surface area is 391 Å². The van der Waals surface area contributed by atoms with E-state index < -0.39 is 329 Å². The van der Waals surface area contributed by atoms with Crippen LogP contribution >= 0.6 is 0 Å². The van der Waals surface area contributed by atoms with Crippen LogP contribution in [-0.2, 0) is 0 Å². The zero-order valence-corrected chi connectivity index (χ0v) is 28.9. The number of fused-ring (bicyclic) bond motifs is 5. The van der Waals surface area contributed by atoms with E-state index in [0.717, 1.165) is 0 Å². The topological polar surface area (TPSA) is 8.17 Å². The van der Waals surface area contributed by atoms with E-state index in [2.05, 4.69) is 0 Å². The zero-order chi connectivity index (χ0) is 71.5. The average Bonchev–Trinajstić information content (AvgIpc) is 1.39. The normalized spacial score (nSPS) is 20.6. The highest BCUT2D eigenvalue weighted by Crippen LogP contribution is 2.43. The molecule has 0 aliphatic heterocycles. The second kappa shape index (κ2) is 14.1. The fourth-order valence-corrected chi connectivity index (χ4v) is 6.33. The summed E-state index contributed by atoms with van der Waals surface area (Å²) in [7, 11) is 0. The molecule has 2 heteroatoms. The van der Waals surface area contributed by atoms with Gasteiger partial charge < -0.3 is 9.47 Å². The van der Waals surface area contributed by atoms with Crippen molar-refractivity contribution in [3.8, 4) is 39.1 Å². The van der Waals surface area contributed by atoms with Gasteiger partial charge in [0, 0.05) is 33.5 Å². The first-order valence-electron chi connectivity index (χ1n) is 35.8. The highest BCUT2D eigenvalue weighted by atomic mass is 15.1. The van der Waals surface area contributed by atoms with Gasteiger partial charge in [0.05, 0.1) is 63.1 Å². The molecule has 11 rings (SSSR count). The standard InChI is InChI=1S/C56H38N2/c1-2-19-44(20-3-1)58-54-28-9-8-24-53(54)56-52(27-13-29-55(56)58)43-18-10-21-47(38-43)57(45-34-30-41(31-35-45)50-25-11-16-39-14-4-6-22-48(39)50)46-36-32-42(33-37-46)51-26-12-17-40-15-5-7-23-49(40)51/h1-38H/i1D,2D,3D,4D,5D,6D,7D,8D,9D,10D,11D,12D,13D,14D,15D,16D,17D,18D,19D,20D,21D,22D,23D,24D,25D,26D,27D,28D,29D,30D,31D,32D,33D,34D,35D,36D,37D,38D. The highest BCUT2D eigenvalue weighted by Gasteiger charge is 2.19. The Balaban J connectivity index is 1.37. The lowest BCUT2D eigenvalue weighted by atomic mass is 9.97. The Morgan fingerprint density at radius 3 is 1.45 bits per heavy atom. The number of aromatic nitrogens is 1. The van der Waals surface area contributed by atoms with Crippen molar-refractivity contribution in [2.45, 2.75) is 0 Å². The third-order valence-electron chi connectivity index (χ3n) is 8.81. The summed E-state index contributed by atoms with van der Waals surface area (Å²) in [6.45, 7) is 0. The number of anilines is 3. The summed E-state index contributed by atoms with van der Waals surface area (Å²) in [6, 6.07) is -43.1. The van der Waals surface area contributed by atoms with Crippen LogP contribution in [0.15, 0.2) is 230 Å². The molecule has 0 atom stereocenters. The monoisotopic (exact) mass is 777 g/mol. The molecule has 0 aliphatic carbocycles. The SMILES string of the molecule is [2H]c1c([2H])c([2H])c(-n2c3c([2H])c([2H])c([2H])c([2H])c3c3c(-c4c([2H])c([2H])c([2H])c(N(c5c([2H])c([2H])c(-c6c([2H])c([2H])c([2H])c7c([2H])c([2H])c([2H])c([2H])c67)c([2H])c5[2H])c5c([2H])c([2H])c(-c6c([2H])c([2H])c([2H])c7c([2H])c([2H])c([2H])c([2H])c67)c([2H])c5[2H])c4[2H])c([2H])c([2H])c([2H])c32)c([2H])c1[2H]. The summed E-state index contributed by atoms with van der Waals surface area (Å²) in [6.07, 6.45) is 0. The summed E-state index contributed by atoms with van der Waals surface area (Å²) in [4.78, 5) is 0.188. The third kappa shape index (κ3) is 5.74. The maximum absolute atomic E-state index is 10.3. The fourth-order valence-electron chi connectivity index (χ4n) is 6.33. The van der Waals surface area contributed by atoms with Gasteiger partial charge in [-0.05, 0) is 115 Å². The van der Waals surface area contributed by atoms with Crippen molar-refractivity contribution in [3.63, 3.8) is 0 Å². The fraction of sp³-hybridized carbons (Fsp3) is 0. The summed E-state index contributed by atoms with van der Waals surface area (Å²) < 4.78 is 347. The minimum atomic E-state index is -1.44. The van der Waals surface area contributed by atoms with Crippen molar-refractivity contribution in [3.05, 3.63) is 230 Å². The zero-order valence-electron chi connectivity index (χ0n) is 66.9. The third-order valence-corrected chi connectivity index (χ3v) is 8.81. The number of hydrogen-bond acceptors (Lipinski definition) is 1. The lowest BCUT2D eigenvalue weighted by molar-refractivity contribution is 1.18. The largest absolute Gasteiger partial charge is 0.310 e. The molecular weight excluding hydrogens is 701 g/mol. The average molecular weight is 777 g/mol. The van der Waals surface area contributed by atoms with Gasteiger partial charge in [-0.2, -0.15) is 0 Å². The van der Waals surface area contributed by atoms with Crippen LogP contribution in [0.2, 0.25) is 0 Å². The Bertz CT molecular complexity index is 5230. The Kier molecular flexibility index (Phi) is 3.08. The van der Waals surface area contributed by atoms with Crippen LogP contribution in [0.4, 0.5) is 17.1 Å². The van der Waals surface area contributed by atoms with Gasteiger partial charge in [0.15, 0.2) is 0 Å². The molecule has 2 nitrogen and oxygen atoms in total. The quantitative estimate of drug-likeness (QED) is 0.156. The number of rotatable bonds is 7. The summed E-state index contributed by atoms with van der Waals surface area (Å²) in [5.74, 6) is 0. The molecule has 0 fully saturated rings. The summed E-state index contributed by atoms with van der Waals surface area (Å²) >= 11 is 0. The van der Waals surface area contributed by atoms with Crippen molar-refractivity contribution >= 4 is 60.4 Å². The number of benzene rings is 10. The van der Waals surface area contributed by atoms with Crippen molar-refractivity contribution in [1.82, 2.24) is 4.57 Å². The van der Waals surface area contributed by atoms with Gasteiger partial charge in [0.2, 0.25) is 0 Å². The first kappa shape index (κ1) is 12.7. The van der Waals surface area contributed by atoms with Crippen LogP contribution in [0, 0.1) is 0 Å². The summed E-state index contributed by atoms with van der Waals surface area (Å²) in [5, 5.41) is -4.54. The van der Waals surface area contributed by atoms with Gasteiger partial charge in [0.1, 0.15) is 0 Å². The molecule has 58 heavy (non-hydrogen) atoms. The number of hydrogen-bond donors (Lipinski definition) is 0. The van der Waals surface area contributed by atoms with E-state index in [1.54, 1.807) is 0 Å². The minimum Gasteiger partial charge on any atom is -0.310 e. The van der Waals surface area contributed by atoms with E-state index >= 15 is 0 Å². The molecule has 1 aromatic heterocycles. The maximum Gasteiger partial charge on any atom is 0.0651 e. The second-order valence-corrected chi connectivity index (χ2v) is 12.0. The smallest absolute Gasteiger partial charge is 0.0651 e. The van der Waals surface area contributed by atoms with Crippen LogP contribution in [-0.4, -0.2) is 4.57 Å². The van der Waals surface area contributed by atoms with E-state index in [-0.39, 0.29) is 4.90 Å². The van der Waals surface area contributed by atoms with Crippen LogP contribution < -0.4 is 4.90 Å². The Hall–Kier alpha value is -7.68. The lowest BCUT2D eigenvalue weighted by Crippen LogP contribution is -2.10. The number of nitrogens with zero attached hydrogens (tertiary/aromatic N) is 2.